The van der Waals surface area contributed by atoms with Gasteiger partial charge in [-0.1, -0.05) is 42.5 Å². The van der Waals surface area contributed by atoms with Gasteiger partial charge in [0.25, 0.3) is 0 Å². The van der Waals surface area contributed by atoms with Crippen molar-refractivity contribution < 1.29 is 18.3 Å². The number of rotatable bonds is 5. The van der Waals surface area contributed by atoms with Gasteiger partial charge in [0.2, 0.25) is 0 Å². The van der Waals surface area contributed by atoms with Crippen molar-refractivity contribution in [2.75, 3.05) is 0 Å². The Bertz CT molecular complexity index is 921. The van der Waals surface area contributed by atoms with Crippen molar-refractivity contribution >= 4 is 37.2 Å². The number of thiophene rings is 1. The number of benzene rings is 2. The van der Waals surface area contributed by atoms with Crippen LogP contribution in [0.3, 0.4) is 0 Å². The van der Waals surface area contributed by atoms with Gasteiger partial charge in [-0.05, 0) is 28.6 Å². The molecule has 1 aromatic heterocycles. The van der Waals surface area contributed by atoms with E-state index in [4.69, 9.17) is 5.11 Å². The van der Waals surface area contributed by atoms with Crippen LogP contribution in [0, 0.1) is 0 Å². The van der Waals surface area contributed by atoms with Crippen molar-refractivity contribution in [3.05, 3.63) is 65.7 Å². The van der Waals surface area contributed by atoms with E-state index in [9.17, 15) is 13.2 Å². The molecule has 118 valence electrons. The molecule has 2 aromatic carbocycles. The average Bonchev–Trinajstić information content (AvgIpc) is 2.93. The van der Waals surface area contributed by atoms with E-state index in [-0.39, 0.29) is 12.2 Å². The Labute approximate surface area is 137 Å². The van der Waals surface area contributed by atoms with Gasteiger partial charge >= 0.3 is 5.97 Å². The van der Waals surface area contributed by atoms with Gasteiger partial charge in [-0.3, -0.25) is 4.79 Å². The van der Waals surface area contributed by atoms with Crippen LogP contribution in [0.5, 0.6) is 0 Å². The maximum atomic E-state index is 12.6. The van der Waals surface area contributed by atoms with Crippen molar-refractivity contribution in [1.82, 2.24) is 0 Å². The average molecular weight is 346 g/mol. The van der Waals surface area contributed by atoms with Crippen LogP contribution in [0.1, 0.15) is 11.1 Å². The molecule has 0 amide bonds. The highest BCUT2D eigenvalue weighted by Gasteiger charge is 2.18. The van der Waals surface area contributed by atoms with Gasteiger partial charge in [0.05, 0.1) is 12.2 Å². The summed E-state index contributed by atoms with van der Waals surface area (Å²) in [7, 11) is -3.41. The lowest BCUT2D eigenvalue weighted by Gasteiger charge is -2.03. The van der Waals surface area contributed by atoms with Crippen molar-refractivity contribution in [3.8, 4) is 0 Å². The zero-order chi connectivity index (χ0) is 16.4. The number of sulfone groups is 1. The van der Waals surface area contributed by atoms with E-state index < -0.39 is 15.8 Å². The second-order valence-electron chi connectivity index (χ2n) is 5.25. The quantitative estimate of drug-likeness (QED) is 0.767. The van der Waals surface area contributed by atoms with E-state index in [1.54, 1.807) is 30.3 Å². The van der Waals surface area contributed by atoms with Crippen molar-refractivity contribution in [2.24, 2.45) is 0 Å². The summed E-state index contributed by atoms with van der Waals surface area (Å²) in [6.45, 7) is 0. The third kappa shape index (κ3) is 3.60. The Morgan fingerprint density at radius 2 is 1.65 bits per heavy atom. The fraction of sp³-hybridized carbons (Fsp3) is 0.118. The highest BCUT2D eigenvalue weighted by Crippen LogP contribution is 2.30. The normalized spacial score (nSPS) is 11.7. The first-order valence-corrected chi connectivity index (χ1v) is 9.42. The van der Waals surface area contributed by atoms with E-state index in [0.29, 0.717) is 15.3 Å². The summed E-state index contributed by atoms with van der Waals surface area (Å²) in [6.07, 6.45) is -0.0661. The number of hydrogen-bond donors (Lipinski definition) is 1. The van der Waals surface area contributed by atoms with E-state index in [1.807, 2.05) is 24.3 Å². The summed E-state index contributed by atoms with van der Waals surface area (Å²) in [5, 5.41) is 9.67. The number of hydrogen-bond acceptors (Lipinski definition) is 4. The third-order valence-corrected chi connectivity index (χ3v) is 6.81. The molecule has 4 nitrogen and oxygen atoms in total. The topological polar surface area (TPSA) is 71.4 Å². The van der Waals surface area contributed by atoms with Crippen LogP contribution in [0.25, 0.3) is 10.1 Å². The highest BCUT2D eigenvalue weighted by atomic mass is 32.2. The van der Waals surface area contributed by atoms with Gasteiger partial charge < -0.3 is 5.11 Å². The van der Waals surface area contributed by atoms with Crippen LogP contribution in [0.4, 0.5) is 0 Å². The first-order valence-electron chi connectivity index (χ1n) is 6.95. The summed E-state index contributed by atoms with van der Waals surface area (Å²) >= 11 is 1.27. The summed E-state index contributed by atoms with van der Waals surface area (Å²) < 4.78 is 26.4. The molecule has 0 aliphatic carbocycles. The molecule has 1 heterocycles. The zero-order valence-electron chi connectivity index (χ0n) is 12.1. The van der Waals surface area contributed by atoms with Crippen LogP contribution in [0.2, 0.25) is 0 Å². The Morgan fingerprint density at radius 3 is 2.30 bits per heavy atom. The first kappa shape index (κ1) is 15.7. The number of carbonyl (C=O) groups is 1. The summed E-state index contributed by atoms with van der Waals surface area (Å²) in [4.78, 5) is 10.7. The van der Waals surface area contributed by atoms with Gasteiger partial charge in [-0.25, -0.2) is 8.42 Å². The van der Waals surface area contributed by atoms with Gasteiger partial charge in [-0.2, -0.15) is 0 Å². The molecule has 23 heavy (non-hydrogen) atoms. The first-order chi connectivity index (χ1) is 10.9. The number of fused-ring (bicyclic) bond motifs is 1. The summed E-state index contributed by atoms with van der Waals surface area (Å²) in [6, 6.07) is 15.9. The minimum absolute atomic E-state index is 0.0661. The Morgan fingerprint density at radius 1 is 1.00 bits per heavy atom. The molecule has 0 aliphatic heterocycles. The standard InChI is InChI=1S/C17H14O4S2/c18-16(19)9-12-5-7-13(8-6-12)11-23(20,21)17-10-14-3-1-2-4-15(14)22-17/h1-8,10H,9,11H2,(H,18,19). The number of carboxylic acids is 1. The fourth-order valence-electron chi connectivity index (χ4n) is 2.33. The molecule has 0 aliphatic rings. The second-order valence-corrected chi connectivity index (χ2v) is 8.55. The molecule has 0 saturated carbocycles. The largest absolute Gasteiger partial charge is 0.481 e. The molecule has 0 atom stereocenters. The van der Waals surface area contributed by atoms with Crippen LogP contribution in [0.15, 0.2) is 58.8 Å². The van der Waals surface area contributed by atoms with E-state index >= 15 is 0 Å². The lowest BCUT2D eigenvalue weighted by molar-refractivity contribution is -0.136. The van der Waals surface area contributed by atoms with Gasteiger partial charge in [-0.15, -0.1) is 11.3 Å². The van der Waals surface area contributed by atoms with Crippen LogP contribution >= 0.6 is 11.3 Å². The molecule has 0 spiro atoms. The molecular formula is C17H14O4S2. The maximum Gasteiger partial charge on any atom is 0.307 e. The SMILES string of the molecule is O=C(O)Cc1ccc(CS(=O)(=O)c2cc3ccccc3s2)cc1. The number of carboxylic acid groups (broad SMARTS) is 1. The molecule has 3 aromatic rings. The lowest BCUT2D eigenvalue weighted by Crippen LogP contribution is -2.04. The fourth-order valence-corrected chi connectivity index (χ4v) is 5.16. The zero-order valence-corrected chi connectivity index (χ0v) is 13.7. The second kappa shape index (κ2) is 6.14. The molecule has 6 heteroatoms. The molecule has 0 saturated heterocycles. The predicted molar refractivity (Wildman–Crippen MR) is 90.5 cm³/mol. The molecule has 0 bridgehead atoms. The number of aliphatic carboxylic acids is 1. The Hall–Kier alpha value is -2.18. The van der Waals surface area contributed by atoms with Crippen LogP contribution in [-0.2, 0) is 26.8 Å². The molecule has 0 fully saturated rings. The van der Waals surface area contributed by atoms with Crippen LogP contribution in [-0.4, -0.2) is 19.5 Å². The molecule has 3 rings (SSSR count). The monoisotopic (exact) mass is 346 g/mol. The summed E-state index contributed by atoms with van der Waals surface area (Å²) in [5.74, 6) is -0.997. The minimum atomic E-state index is -3.41. The van der Waals surface area contributed by atoms with E-state index in [1.165, 1.54) is 11.3 Å². The predicted octanol–water partition coefficient (Wildman–Crippen LogP) is 3.50. The van der Waals surface area contributed by atoms with Crippen molar-refractivity contribution in [3.63, 3.8) is 0 Å². The van der Waals surface area contributed by atoms with E-state index in [2.05, 4.69) is 0 Å². The van der Waals surface area contributed by atoms with E-state index in [0.717, 1.165) is 10.1 Å². The Kier molecular flexibility index (Phi) is 4.19. The van der Waals surface area contributed by atoms with Gasteiger partial charge in [0.15, 0.2) is 9.84 Å². The highest BCUT2D eigenvalue weighted by molar-refractivity contribution is 7.92. The minimum Gasteiger partial charge on any atom is -0.481 e. The lowest BCUT2D eigenvalue weighted by atomic mass is 10.1. The van der Waals surface area contributed by atoms with Crippen molar-refractivity contribution in [2.45, 2.75) is 16.4 Å². The van der Waals surface area contributed by atoms with Crippen LogP contribution < -0.4 is 0 Å². The smallest absolute Gasteiger partial charge is 0.307 e. The third-order valence-electron chi connectivity index (χ3n) is 3.44. The van der Waals surface area contributed by atoms with Gasteiger partial charge in [0, 0.05) is 4.70 Å². The summed E-state index contributed by atoms with van der Waals surface area (Å²) in [5.41, 5.74) is 1.30. The molecule has 1 N–H and O–H groups in total. The Balaban J connectivity index is 1.84. The van der Waals surface area contributed by atoms with Gasteiger partial charge in [0.1, 0.15) is 4.21 Å². The molecule has 0 radical (unpaired) electrons. The molecular weight excluding hydrogens is 332 g/mol. The molecule has 0 unspecified atom stereocenters. The van der Waals surface area contributed by atoms with Crippen molar-refractivity contribution in [1.29, 1.82) is 0 Å². The maximum absolute atomic E-state index is 12.6.